The summed E-state index contributed by atoms with van der Waals surface area (Å²) in [6.07, 6.45) is 13.0. The predicted molar refractivity (Wildman–Crippen MR) is 275 cm³/mol. The molecule has 9 rings (SSSR count). The lowest BCUT2D eigenvalue weighted by molar-refractivity contribution is 0.305. The molecule has 16 nitrogen and oxygen atoms in total. The number of fused-ring (bicyclic) bond motifs is 8. The van der Waals surface area contributed by atoms with E-state index in [9.17, 15) is 0 Å². The molecule has 0 amide bonds. The molecule has 72 heavy (non-hydrogen) atoms. The first-order chi connectivity index (χ1) is 35.1. The summed E-state index contributed by atoms with van der Waals surface area (Å²) < 4.78 is 71.4. The molecule has 3 fully saturated rings. The van der Waals surface area contributed by atoms with E-state index in [1.165, 1.54) is 0 Å². The molecule has 12 atom stereocenters. The molecule has 0 spiro atoms. The van der Waals surface area contributed by atoms with Crippen molar-refractivity contribution in [3.63, 3.8) is 0 Å². The van der Waals surface area contributed by atoms with Gasteiger partial charge in [-0.3, -0.25) is 0 Å². The molecule has 0 saturated carbocycles. The van der Waals surface area contributed by atoms with Crippen molar-refractivity contribution in [2.75, 3.05) is 85.3 Å². The third-order valence-corrected chi connectivity index (χ3v) is 15.8. The highest BCUT2D eigenvalue weighted by Crippen LogP contribution is 2.51. The summed E-state index contributed by atoms with van der Waals surface area (Å²) in [6.45, 7) is 0. The molecule has 4 aromatic rings. The normalized spacial score (nSPS) is 28.3. The Labute approximate surface area is 423 Å². The average molecular weight is 993 g/mol. The van der Waals surface area contributed by atoms with E-state index >= 15 is 0 Å². The maximum atomic E-state index is 6.01. The molecule has 5 aliphatic heterocycles. The van der Waals surface area contributed by atoms with E-state index in [1.54, 1.807) is 85.3 Å². The largest absolute Gasteiger partial charge is 0.493 e. The highest BCUT2D eigenvalue weighted by molar-refractivity contribution is 5.59. The van der Waals surface area contributed by atoms with Crippen LogP contribution in [0.25, 0.3) is 0 Å². The van der Waals surface area contributed by atoms with Gasteiger partial charge in [0.25, 0.3) is 0 Å². The van der Waals surface area contributed by atoms with E-state index < -0.39 is 0 Å². The highest BCUT2D eigenvalue weighted by atomic mass is 16.5. The van der Waals surface area contributed by atoms with Gasteiger partial charge in [0.1, 0.15) is 0 Å². The van der Waals surface area contributed by atoms with E-state index in [0.717, 1.165) is 47.9 Å². The lowest BCUT2D eigenvalue weighted by Gasteiger charge is -2.38. The fourth-order valence-corrected chi connectivity index (χ4v) is 12.7. The Kier molecular flexibility index (Phi) is 15.4. The van der Waals surface area contributed by atoms with Crippen LogP contribution in [0.1, 0.15) is 71.6 Å². The molecule has 12 unspecified atom stereocenters. The molecule has 5 heterocycles. The molecule has 16 heteroatoms. The molecule has 4 aromatic carbocycles. The smallest absolute Gasteiger partial charge is 0.203 e. The summed E-state index contributed by atoms with van der Waals surface area (Å²) in [7, 11) is 19.9. The maximum absolute atomic E-state index is 6.01. The maximum Gasteiger partial charge on any atom is 0.203 e. The van der Waals surface area contributed by atoms with E-state index in [-0.39, 0.29) is 72.0 Å². The molecule has 0 aliphatic carbocycles. The van der Waals surface area contributed by atoms with E-state index in [1.807, 2.05) is 0 Å². The molecular formula is C56H72N4O12. The summed E-state index contributed by atoms with van der Waals surface area (Å²) >= 11 is 0. The predicted octanol–water partition coefficient (Wildman–Crippen LogP) is 7.27. The van der Waals surface area contributed by atoms with Gasteiger partial charge >= 0.3 is 0 Å². The Bertz CT molecular complexity index is 2180. The Morgan fingerprint density at radius 1 is 0.264 bits per heavy atom. The first-order valence-electron chi connectivity index (χ1n) is 24.7. The topological polar surface area (TPSA) is 159 Å². The van der Waals surface area contributed by atoms with Crippen LogP contribution in [0.4, 0.5) is 0 Å². The van der Waals surface area contributed by atoms with E-state index in [2.05, 4.69) is 94.1 Å². The van der Waals surface area contributed by atoms with Crippen LogP contribution in [0.2, 0.25) is 0 Å². The zero-order chi connectivity index (χ0) is 50.8. The molecule has 8 bridgehead atoms. The fraction of sp³-hybridized carbons (Fsp3) is 0.500. The second-order valence-corrected chi connectivity index (χ2v) is 19.1. The van der Waals surface area contributed by atoms with Gasteiger partial charge in [-0.15, -0.1) is 0 Å². The lowest BCUT2D eigenvalue weighted by Crippen LogP contribution is -2.52. The van der Waals surface area contributed by atoms with Gasteiger partial charge in [-0.25, -0.2) is 0 Å². The fourth-order valence-electron chi connectivity index (χ4n) is 12.7. The van der Waals surface area contributed by atoms with Gasteiger partial charge in [0, 0.05) is 72.0 Å². The van der Waals surface area contributed by atoms with Gasteiger partial charge < -0.3 is 78.1 Å². The quantitative estimate of drug-likeness (QED) is 0.0830. The molecule has 0 aromatic heterocycles. The second kappa shape index (κ2) is 21.9. The summed E-state index contributed by atoms with van der Waals surface area (Å²) in [5.41, 5.74) is 4.25. The lowest BCUT2D eigenvalue weighted by atomic mass is 9.82. The molecule has 5 aliphatic rings. The molecular weight excluding hydrogens is 921 g/mol. The van der Waals surface area contributed by atoms with Gasteiger partial charge in [0.15, 0.2) is 46.0 Å². The number of hydrogen-bond donors (Lipinski definition) is 4. The van der Waals surface area contributed by atoms with Gasteiger partial charge in [0.05, 0.1) is 85.3 Å². The van der Waals surface area contributed by atoms with Crippen molar-refractivity contribution in [2.45, 2.75) is 97.7 Å². The van der Waals surface area contributed by atoms with Crippen molar-refractivity contribution in [1.82, 2.24) is 21.3 Å². The Hall–Kier alpha value is -6.20. The van der Waals surface area contributed by atoms with Gasteiger partial charge in [-0.05, 0) is 96.5 Å². The molecule has 0 radical (unpaired) electrons. The first-order valence-corrected chi connectivity index (χ1v) is 24.7. The van der Waals surface area contributed by atoms with E-state index in [4.69, 9.17) is 56.8 Å². The first kappa shape index (κ1) is 50.7. The zero-order valence-corrected chi connectivity index (χ0v) is 43.6. The number of benzene rings is 4. The van der Waals surface area contributed by atoms with Crippen LogP contribution in [0.15, 0.2) is 72.8 Å². The van der Waals surface area contributed by atoms with Crippen LogP contribution in [-0.4, -0.2) is 134 Å². The number of methoxy groups -OCH3 is 12. The van der Waals surface area contributed by atoms with E-state index in [0.29, 0.717) is 69.0 Å². The van der Waals surface area contributed by atoms with Crippen molar-refractivity contribution in [2.24, 2.45) is 0 Å². The van der Waals surface area contributed by atoms with Crippen LogP contribution in [0, 0.1) is 0 Å². The average Bonchev–Trinajstić information content (AvgIpc) is 4.28. The number of hydrogen-bond acceptors (Lipinski definition) is 16. The van der Waals surface area contributed by atoms with Crippen LogP contribution in [-0.2, 0) is 0 Å². The standard InChI is InChI=1S/C56H72N4O12/c1-61-41-21-29(22-42(62-2)53(41)69-9)49-33-13-15-35(57-33)50(30-23-43(63-3)54(70-10)44(24-30)64-4)37-17-19-39(59-37)52(32-27-47(67-7)56(72-12)48(28-32)68-8)40-20-18-38(60-40)51(36-16-14-34(49)58-36)31-25-45(65-5)55(71-11)46(26-31)66-6/h13,15,18,20-28,33-40,49-52,57-60H,14,16-17,19H2,1-12H3. The molecule has 4 N–H and O–H groups in total. The van der Waals surface area contributed by atoms with Crippen LogP contribution >= 0.6 is 0 Å². The SMILES string of the molecule is COc1cc(C2C3C=CC(N3)C(c3cc(OC)c(OC)c(OC)c3)C3CCC(N3)C(c3cc(OC)c(OC)c(OC)c3)C3C=CC(N3)C(c3cc(OC)c(OC)c(OC)c3)C3CCC2N3)cc(OC)c1OC. The van der Waals surface area contributed by atoms with Crippen LogP contribution in [0.5, 0.6) is 69.0 Å². The summed E-state index contributed by atoms with van der Waals surface area (Å²) in [4.78, 5) is 0. The minimum Gasteiger partial charge on any atom is -0.493 e. The summed E-state index contributed by atoms with van der Waals surface area (Å²) in [6, 6.07) is 16.5. The third-order valence-electron chi connectivity index (χ3n) is 15.8. The third kappa shape index (κ3) is 9.15. The van der Waals surface area contributed by atoms with Crippen molar-refractivity contribution in [1.29, 1.82) is 0 Å². The summed E-state index contributed by atoms with van der Waals surface area (Å²) in [5, 5.41) is 16.9. The summed E-state index contributed by atoms with van der Waals surface area (Å²) in [5.74, 6) is 6.72. The van der Waals surface area contributed by atoms with Crippen molar-refractivity contribution < 1.29 is 56.8 Å². The number of nitrogens with one attached hydrogen (secondary N) is 4. The minimum absolute atomic E-state index is 0.0120. The monoisotopic (exact) mass is 993 g/mol. The highest BCUT2D eigenvalue weighted by Gasteiger charge is 2.48. The zero-order valence-electron chi connectivity index (χ0n) is 43.6. The van der Waals surface area contributed by atoms with Crippen LogP contribution in [0.3, 0.4) is 0 Å². The minimum atomic E-state index is -0.107. The Morgan fingerprint density at radius 3 is 0.597 bits per heavy atom. The van der Waals surface area contributed by atoms with Crippen LogP contribution < -0.4 is 78.1 Å². The second-order valence-electron chi connectivity index (χ2n) is 19.1. The van der Waals surface area contributed by atoms with Crippen molar-refractivity contribution >= 4 is 0 Å². The molecule has 3 saturated heterocycles. The number of rotatable bonds is 16. The van der Waals surface area contributed by atoms with Gasteiger partial charge in [-0.1, -0.05) is 24.3 Å². The Morgan fingerprint density at radius 2 is 0.444 bits per heavy atom. The van der Waals surface area contributed by atoms with Gasteiger partial charge in [-0.2, -0.15) is 0 Å². The van der Waals surface area contributed by atoms with Crippen molar-refractivity contribution in [3.8, 4) is 69.0 Å². The Balaban J connectivity index is 1.23. The number of ether oxygens (including phenoxy) is 12. The van der Waals surface area contributed by atoms with Gasteiger partial charge in [0.2, 0.25) is 23.0 Å². The molecule has 388 valence electrons. The van der Waals surface area contributed by atoms with Crippen molar-refractivity contribution in [3.05, 3.63) is 95.1 Å².